The molecule has 0 bridgehead atoms. The van der Waals surface area contributed by atoms with E-state index in [1.165, 1.54) is 7.16 Å². The van der Waals surface area contributed by atoms with Crippen molar-refractivity contribution in [1.82, 2.24) is 0 Å². The average molecular weight is 379 g/mol. The number of hydrogen-bond acceptors (Lipinski definition) is 4. The number of benzene rings is 2. The van der Waals surface area contributed by atoms with Gasteiger partial charge in [-0.15, -0.1) is 0 Å². The number of hydrogen-bond donors (Lipinski definition) is 1. The molecule has 0 saturated carbocycles. The second kappa shape index (κ2) is 5.19. The van der Waals surface area contributed by atoms with Gasteiger partial charge in [-0.1, -0.05) is 0 Å². The first-order chi connectivity index (χ1) is 8.85. The van der Waals surface area contributed by atoms with Crippen molar-refractivity contribution in [2.45, 2.75) is 0 Å². The molecule has 0 unspecified atom stereocenters. The van der Waals surface area contributed by atoms with Gasteiger partial charge in [-0.25, -0.2) is 0 Å². The Balaban J connectivity index is 2.07. The number of hydrazone groups is 1. The standard InChI is InChI=1S/2C6H5.CH4N2S2.Sn/c2*1-2-4-6-5-3-1;2-3-1(4)5;/h2*1-5H;2H2,(H2,3,4,5);/q;;;+2/p-2. The molecule has 2 N–H and O–H groups in total. The van der Waals surface area contributed by atoms with Crippen LogP contribution in [0.1, 0.15) is 0 Å². The Morgan fingerprint density at radius 3 is 1.61 bits per heavy atom. The van der Waals surface area contributed by atoms with Gasteiger partial charge in [-0.05, 0) is 0 Å². The zero-order chi connectivity index (χ0) is 12.4. The Morgan fingerprint density at radius 1 is 0.778 bits per heavy atom. The molecule has 3 rings (SSSR count). The zero-order valence-corrected chi connectivity index (χ0v) is 14.1. The van der Waals surface area contributed by atoms with Crippen molar-refractivity contribution in [2.75, 3.05) is 0 Å². The molecule has 1 saturated heterocycles. The van der Waals surface area contributed by atoms with Crippen LogP contribution in [0.15, 0.2) is 65.8 Å². The van der Waals surface area contributed by atoms with Crippen LogP contribution in [-0.2, 0) is 0 Å². The summed E-state index contributed by atoms with van der Waals surface area (Å²) in [5.41, 5.74) is 0. The summed E-state index contributed by atoms with van der Waals surface area (Å²) in [5, 5.41) is 3.84. The summed E-state index contributed by atoms with van der Waals surface area (Å²) >= 11 is -2.61. The fraction of sp³-hybridized carbons (Fsp3) is 0. The Labute approximate surface area is 116 Å². The molecule has 0 amide bonds. The quantitative estimate of drug-likeness (QED) is 0.493. The van der Waals surface area contributed by atoms with E-state index < -0.39 is 15.6 Å². The molecule has 0 atom stereocenters. The third-order valence-electron chi connectivity index (χ3n) is 2.88. The first kappa shape index (κ1) is 12.4. The van der Waals surface area contributed by atoms with E-state index in [1.807, 2.05) is 17.9 Å². The van der Waals surface area contributed by atoms with Crippen molar-refractivity contribution in [3.63, 3.8) is 0 Å². The minimum absolute atomic E-state index is 1.03. The van der Waals surface area contributed by atoms with Gasteiger partial charge < -0.3 is 0 Å². The van der Waals surface area contributed by atoms with E-state index in [0.717, 1.165) is 4.38 Å². The van der Waals surface area contributed by atoms with E-state index in [0.29, 0.717) is 0 Å². The summed E-state index contributed by atoms with van der Waals surface area (Å²) in [6.07, 6.45) is 0. The molecule has 5 heteroatoms. The normalized spacial score (nSPS) is 17.0. The molecule has 90 valence electrons. The van der Waals surface area contributed by atoms with Crippen LogP contribution in [0.2, 0.25) is 0 Å². The summed E-state index contributed by atoms with van der Waals surface area (Å²) in [4.78, 5) is 0. The van der Waals surface area contributed by atoms with Crippen LogP contribution in [0, 0.1) is 0 Å². The third-order valence-corrected chi connectivity index (χ3v) is 31.2. The SMILES string of the molecule is NN=C1[S][Sn]([c]2ccccc2)([c]2ccccc2)[S]1. The molecule has 2 nitrogen and oxygen atoms in total. The molecule has 0 spiro atoms. The molecule has 1 fully saturated rings. The van der Waals surface area contributed by atoms with Crippen LogP contribution in [0.4, 0.5) is 0 Å². The van der Waals surface area contributed by atoms with Gasteiger partial charge in [0.25, 0.3) is 0 Å². The van der Waals surface area contributed by atoms with E-state index >= 15 is 0 Å². The van der Waals surface area contributed by atoms with Crippen molar-refractivity contribution >= 4 is 45.0 Å². The maximum atomic E-state index is 5.39. The summed E-state index contributed by atoms with van der Waals surface area (Å²) in [7, 11) is 3.85. The molecular weight excluding hydrogens is 367 g/mol. The van der Waals surface area contributed by atoms with Gasteiger partial charge in [0.15, 0.2) is 0 Å². The second-order valence-corrected chi connectivity index (χ2v) is 25.6. The van der Waals surface area contributed by atoms with E-state index in [2.05, 4.69) is 65.8 Å². The maximum absolute atomic E-state index is 5.39. The Kier molecular flexibility index (Phi) is 3.58. The first-order valence-electron chi connectivity index (χ1n) is 5.62. The molecule has 0 aliphatic carbocycles. The van der Waals surface area contributed by atoms with Crippen LogP contribution in [0.3, 0.4) is 0 Å². The minimum atomic E-state index is -2.61. The monoisotopic (exact) mass is 380 g/mol. The Morgan fingerprint density at radius 2 is 1.22 bits per heavy atom. The Hall–Kier alpha value is -0.591. The van der Waals surface area contributed by atoms with Crippen molar-refractivity contribution < 1.29 is 0 Å². The molecule has 2 aromatic rings. The molecule has 1 heterocycles. The van der Waals surface area contributed by atoms with E-state index in [1.54, 1.807) is 0 Å². The number of rotatable bonds is 2. The van der Waals surface area contributed by atoms with E-state index in [-0.39, 0.29) is 0 Å². The fourth-order valence-corrected chi connectivity index (χ4v) is 27.1. The topological polar surface area (TPSA) is 38.4 Å². The van der Waals surface area contributed by atoms with Crippen LogP contribution in [0.25, 0.3) is 0 Å². The molecule has 2 aromatic carbocycles. The predicted octanol–water partition coefficient (Wildman–Crippen LogP) is 1.95. The summed E-state index contributed by atoms with van der Waals surface area (Å²) in [6, 6.07) is 21.6. The van der Waals surface area contributed by atoms with Crippen molar-refractivity contribution in [1.29, 1.82) is 0 Å². The molecule has 0 aromatic heterocycles. The van der Waals surface area contributed by atoms with Gasteiger partial charge in [0.05, 0.1) is 0 Å². The first-order valence-corrected chi connectivity index (χ1v) is 17.1. The van der Waals surface area contributed by atoms with Crippen LogP contribution < -0.4 is 13.0 Å². The Bertz CT molecular complexity index is 523. The molecule has 0 radical (unpaired) electrons. The van der Waals surface area contributed by atoms with Gasteiger partial charge in [-0.2, -0.15) is 0 Å². The van der Waals surface area contributed by atoms with Crippen molar-refractivity contribution in [2.24, 2.45) is 10.9 Å². The van der Waals surface area contributed by atoms with Gasteiger partial charge in [0.1, 0.15) is 0 Å². The van der Waals surface area contributed by atoms with Gasteiger partial charge >= 0.3 is 117 Å². The number of nitrogens with two attached hydrogens (primary N) is 1. The summed E-state index contributed by atoms with van der Waals surface area (Å²) in [6.45, 7) is 0. The molecule has 18 heavy (non-hydrogen) atoms. The van der Waals surface area contributed by atoms with Gasteiger partial charge in [0.2, 0.25) is 0 Å². The van der Waals surface area contributed by atoms with E-state index in [4.69, 9.17) is 5.84 Å². The molecule has 1 aliphatic rings. The number of nitrogens with zero attached hydrogens (tertiary/aromatic N) is 1. The summed E-state index contributed by atoms with van der Waals surface area (Å²) in [5.74, 6) is 5.39. The second-order valence-electron chi connectivity index (χ2n) is 3.95. The van der Waals surface area contributed by atoms with E-state index in [9.17, 15) is 0 Å². The molecule has 1 aliphatic heterocycles. The fourth-order valence-electron chi connectivity index (χ4n) is 2.02. The van der Waals surface area contributed by atoms with Gasteiger partial charge in [-0.3, -0.25) is 0 Å². The predicted molar refractivity (Wildman–Crippen MR) is 84.7 cm³/mol. The molecular formula is C13H12N2S2Sn. The van der Waals surface area contributed by atoms with Crippen molar-refractivity contribution in [3.05, 3.63) is 60.7 Å². The van der Waals surface area contributed by atoms with Crippen LogP contribution in [0.5, 0.6) is 0 Å². The summed E-state index contributed by atoms with van der Waals surface area (Å²) < 4.78 is 4.00. The van der Waals surface area contributed by atoms with Gasteiger partial charge in [0, 0.05) is 0 Å². The zero-order valence-electron chi connectivity index (χ0n) is 9.61. The third kappa shape index (κ3) is 2.06. The van der Waals surface area contributed by atoms with Crippen LogP contribution >= 0.6 is 17.9 Å². The van der Waals surface area contributed by atoms with Crippen LogP contribution in [-0.4, -0.2) is 20.0 Å². The average Bonchev–Trinajstić information content (AvgIpc) is 2.41. The van der Waals surface area contributed by atoms with Crippen molar-refractivity contribution in [3.8, 4) is 0 Å².